The number of nitrogens with one attached hydrogen (secondary N) is 1. The van der Waals surface area contributed by atoms with Gasteiger partial charge in [-0.05, 0) is 19.9 Å². The molecular formula is C16H20N4O3. The number of amides is 2. The van der Waals surface area contributed by atoms with Gasteiger partial charge in [0, 0.05) is 31.1 Å². The van der Waals surface area contributed by atoms with Crippen molar-refractivity contribution in [1.29, 1.82) is 0 Å². The first-order valence-electron chi connectivity index (χ1n) is 7.56. The number of carbonyl (C=O) groups excluding carboxylic acids is 1. The molecule has 1 N–H and O–H groups in total. The highest BCUT2D eigenvalue weighted by molar-refractivity contribution is 5.75. The Morgan fingerprint density at radius 2 is 2.22 bits per heavy atom. The standard InChI is InChI=1S/C16H20N4O3/c1-9(2)20(4)16(21)18-13-8-22-14-7-11(5-6-12(13)14)15-17-10(3)23-19-15/h5-7,9,13H,8H2,1-4H3,(H,18,21)/t13-/m1/s1. The highest BCUT2D eigenvalue weighted by Gasteiger charge is 2.27. The minimum Gasteiger partial charge on any atom is -0.491 e. The highest BCUT2D eigenvalue weighted by Crippen LogP contribution is 2.35. The third-order valence-electron chi connectivity index (χ3n) is 3.97. The number of urea groups is 1. The van der Waals surface area contributed by atoms with Crippen LogP contribution in [0.4, 0.5) is 4.79 Å². The van der Waals surface area contributed by atoms with E-state index in [0.29, 0.717) is 18.3 Å². The molecule has 1 aliphatic heterocycles. The zero-order chi connectivity index (χ0) is 16.6. The molecule has 0 unspecified atom stereocenters. The summed E-state index contributed by atoms with van der Waals surface area (Å²) >= 11 is 0. The molecule has 23 heavy (non-hydrogen) atoms. The molecule has 1 aliphatic rings. The van der Waals surface area contributed by atoms with Crippen molar-refractivity contribution < 1.29 is 14.1 Å². The number of hydrogen-bond acceptors (Lipinski definition) is 5. The number of ether oxygens (including phenoxy) is 1. The normalized spacial score (nSPS) is 16.1. The third kappa shape index (κ3) is 2.99. The van der Waals surface area contributed by atoms with Crippen LogP contribution in [0.3, 0.4) is 0 Å². The van der Waals surface area contributed by atoms with Gasteiger partial charge in [-0.15, -0.1) is 0 Å². The van der Waals surface area contributed by atoms with E-state index in [-0.39, 0.29) is 18.1 Å². The Hall–Kier alpha value is -2.57. The van der Waals surface area contributed by atoms with E-state index in [4.69, 9.17) is 9.26 Å². The van der Waals surface area contributed by atoms with Gasteiger partial charge < -0.3 is 19.5 Å². The summed E-state index contributed by atoms with van der Waals surface area (Å²) in [6.45, 7) is 6.11. The molecule has 0 saturated carbocycles. The molecule has 0 saturated heterocycles. The first-order chi connectivity index (χ1) is 11.0. The average Bonchev–Trinajstić information content (AvgIpc) is 3.12. The lowest BCUT2D eigenvalue weighted by Gasteiger charge is -2.23. The largest absolute Gasteiger partial charge is 0.491 e. The smallest absolute Gasteiger partial charge is 0.317 e. The zero-order valence-corrected chi connectivity index (χ0v) is 13.7. The van der Waals surface area contributed by atoms with Gasteiger partial charge in [0.2, 0.25) is 11.7 Å². The maximum atomic E-state index is 12.2. The van der Waals surface area contributed by atoms with Crippen LogP contribution in [0.1, 0.15) is 31.3 Å². The van der Waals surface area contributed by atoms with Gasteiger partial charge in [0.05, 0.1) is 6.04 Å². The summed E-state index contributed by atoms with van der Waals surface area (Å²) in [7, 11) is 1.78. The first kappa shape index (κ1) is 15.3. The molecule has 0 bridgehead atoms. The Bertz CT molecular complexity index is 726. The molecule has 2 heterocycles. The van der Waals surface area contributed by atoms with Crippen molar-refractivity contribution in [2.75, 3.05) is 13.7 Å². The minimum absolute atomic E-state index is 0.112. The van der Waals surface area contributed by atoms with Crippen molar-refractivity contribution in [3.8, 4) is 17.1 Å². The monoisotopic (exact) mass is 316 g/mol. The molecule has 3 rings (SSSR count). The lowest BCUT2D eigenvalue weighted by atomic mass is 10.1. The van der Waals surface area contributed by atoms with Gasteiger partial charge >= 0.3 is 6.03 Å². The Labute approximate surface area is 134 Å². The Morgan fingerprint density at radius 3 is 2.87 bits per heavy atom. The van der Waals surface area contributed by atoms with Gasteiger partial charge in [-0.25, -0.2) is 4.79 Å². The number of benzene rings is 1. The second-order valence-corrected chi connectivity index (χ2v) is 5.91. The van der Waals surface area contributed by atoms with Crippen LogP contribution in [0.25, 0.3) is 11.4 Å². The summed E-state index contributed by atoms with van der Waals surface area (Å²) in [5.41, 5.74) is 1.78. The van der Waals surface area contributed by atoms with E-state index in [0.717, 1.165) is 16.9 Å². The number of aromatic nitrogens is 2. The molecule has 1 aromatic carbocycles. The Balaban J connectivity index is 1.77. The maximum Gasteiger partial charge on any atom is 0.317 e. The number of carbonyl (C=O) groups is 1. The molecule has 1 atom stereocenters. The lowest BCUT2D eigenvalue weighted by molar-refractivity contribution is 0.190. The topological polar surface area (TPSA) is 80.5 Å². The first-order valence-corrected chi connectivity index (χ1v) is 7.56. The Kier molecular flexibility index (Phi) is 3.94. The third-order valence-corrected chi connectivity index (χ3v) is 3.97. The second kappa shape index (κ2) is 5.91. The maximum absolute atomic E-state index is 12.2. The SMILES string of the molecule is Cc1nc(-c2ccc3c(c2)OC[C@H]3NC(=O)N(C)C(C)C)no1. The van der Waals surface area contributed by atoms with E-state index in [9.17, 15) is 4.79 Å². The number of nitrogens with zero attached hydrogens (tertiary/aromatic N) is 3. The zero-order valence-electron chi connectivity index (χ0n) is 13.7. The molecule has 1 aromatic heterocycles. The van der Waals surface area contributed by atoms with Crippen LogP contribution in [0.15, 0.2) is 22.7 Å². The predicted molar refractivity (Wildman–Crippen MR) is 84.1 cm³/mol. The van der Waals surface area contributed by atoms with Crippen molar-refractivity contribution >= 4 is 6.03 Å². The van der Waals surface area contributed by atoms with Gasteiger partial charge in [0.15, 0.2) is 0 Å². The summed E-state index contributed by atoms with van der Waals surface area (Å²) in [6.07, 6.45) is 0. The van der Waals surface area contributed by atoms with E-state index in [1.807, 2.05) is 32.0 Å². The summed E-state index contributed by atoms with van der Waals surface area (Å²) in [4.78, 5) is 18.0. The predicted octanol–water partition coefficient (Wildman–Crippen LogP) is 2.53. The molecule has 0 spiro atoms. The molecule has 0 aliphatic carbocycles. The van der Waals surface area contributed by atoms with E-state index in [1.54, 1.807) is 18.9 Å². The summed E-state index contributed by atoms with van der Waals surface area (Å²) in [6, 6.07) is 5.59. The molecule has 2 aromatic rings. The fourth-order valence-corrected chi connectivity index (χ4v) is 2.37. The molecule has 2 amide bonds. The summed E-state index contributed by atoms with van der Waals surface area (Å²) < 4.78 is 10.7. The highest BCUT2D eigenvalue weighted by atomic mass is 16.5. The lowest BCUT2D eigenvalue weighted by Crippen LogP contribution is -2.43. The van der Waals surface area contributed by atoms with Crippen molar-refractivity contribution in [3.63, 3.8) is 0 Å². The van der Waals surface area contributed by atoms with Crippen LogP contribution in [0.5, 0.6) is 5.75 Å². The second-order valence-electron chi connectivity index (χ2n) is 5.91. The van der Waals surface area contributed by atoms with Crippen LogP contribution in [0.2, 0.25) is 0 Å². The molecule has 7 nitrogen and oxygen atoms in total. The van der Waals surface area contributed by atoms with E-state index in [2.05, 4.69) is 15.5 Å². The van der Waals surface area contributed by atoms with Gasteiger partial charge in [0.1, 0.15) is 12.4 Å². The minimum atomic E-state index is -0.153. The Morgan fingerprint density at radius 1 is 1.43 bits per heavy atom. The fraction of sp³-hybridized carbons (Fsp3) is 0.438. The van der Waals surface area contributed by atoms with Gasteiger partial charge in [0.25, 0.3) is 0 Å². The number of aryl methyl sites for hydroxylation is 1. The fourth-order valence-electron chi connectivity index (χ4n) is 2.37. The number of rotatable bonds is 3. The van der Waals surface area contributed by atoms with Gasteiger partial charge in [-0.1, -0.05) is 17.3 Å². The van der Waals surface area contributed by atoms with Gasteiger partial charge in [-0.3, -0.25) is 0 Å². The van der Waals surface area contributed by atoms with Crippen molar-refractivity contribution in [2.45, 2.75) is 32.9 Å². The molecule has 0 radical (unpaired) electrons. The summed E-state index contributed by atoms with van der Waals surface area (Å²) in [5, 5.41) is 6.90. The van der Waals surface area contributed by atoms with Crippen LogP contribution in [0, 0.1) is 6.92 Å². The molecule has 7 heteroatoms. The molecular weight excluding hydrogens is 296 g/mol. The quantitative estimate of drug-likeness (QED) is 0.941. The van der Waals surface area contributed by atoms with Crippen molar-refractivity contribution in [1.82, 2.24) is 20.4 Å². The van der Waals surface area contributed by atoms with Gasteiger partial charge in [-0.2, -0.15) is 4.98 Å². The van der Waals surface area contributed by atoms with Crippen LogP contribution < -0.4 is 10.1 Å². The van der Waals surface area contributed by atoms with Crippen LogP contribution >= 0.6 is 0 Å². The molecule has 0 fully saturated rings. The van der Waals surface area contributed by atoms with Crippen LogP contribution in [-0.2, 0) is 0 Å². The molecule has 122 valence electrons. The number of hydrogen-bond donors (Lipinski definition) is 1. The van der Waals surface area contributed by atoms with E-state index >= 15 is 0 Å². The summed E-state index contributed by atoms with van der Waals surface area (Å²) in [5.74, 6) is 1.78. The van der Waals surface area contributed by atoms with Crippen LogP contribution in [-0.4, -0.2) is 40.8 Å². The van der Waals surface area contributed by atoms with E-state index < -0.39 is 0 Å². The van der Waals surface area contributed by atoms with E-state index in [1.165, 1.54) is 0 Å². The van der Waals surface area contributed by atoms with Crippen molar-refractivity contribution in [3.05, 3.63) is 29.7 Å². The average molecular weight is 316 g/mol. The number of fused-ring (bicyclic) bond motifs is 1. The van der Waals surface area contributed by atoms with Crippen molar-refractivity contribution in [2.24, 2.45) is 0 Å².